The maximum absolute atomic E-state index is 12.7. The van der Waals surface area contributed by atoms with Gasteiger partial charge in [-0.05, 0) is 43.4 Å². The molecule has 1 heterocycles. The second kappa shape index (κ2) is 4.87. The molecule has 4 heteroatoms. The van der Waals surface area contributed by atoms with Crippen molar-refractivity contribution in [1.29, 1.82) is 0 Å². The van der Waals surface area contributed by atoms with Gasteiger partial charge in [-0.15, -0.1) is 0 Å². The van der Waals surface area contributed by atoms with Crippen molar-refractivity contribution in [2.24, 2.45) is 5.41 Å². The number of fused-ring (bicyclic) bond motifs is 1. The summed E-state index contributed by atoms with van der Waals surface area (Å²) in [5.41, 5.74) is 1.24. The predicted molar refractivity (Wildman–Crippen MR) is 81.6 cm³/mol. The Labute approximate surface area is 123 Å². The van der Waals surface area contributed by atoms with Crippen molar-refractivity contribution in [3.8, 4) is 0 Å². The molecular formula is C15H22ClNOS. The summed E-state index contributed by atoms with van der Waals surface area (Å²) in [5.74, 6) is 0. The fourth-order valence-electron chi connectivity index (χ4n) is 2.98. The van der Waals surface area contributed by atoms with Gasteiger partial charge in [0.25, 0.3) is 0 Å². The average molecular weight is 300 g/mol. The van der Waals surface area contributed by atoms with Crippen LogP contribution in [-0.4, -0.2) is 14.1 Å². The third-order valence-electron chi connectivity index (χ3n) is 3.37. The first-order valence-electron chi connectivity index (χ1n) is 6.58. The molecular weight excluding hydrogens is 278 g/mol. The van der Waals surface area contributed by atoms with E-state index >= 15 is 0 Å². The van der Waals surface area contributed by atoms with Crippen LogP contribution in [0, 0.1) is 5.41 Å². The maximum Gasteiger partial charge on any atom is 0.128 e. The topological polar surface area (TPSA) is 20.3 Å². The van der Waals surface area contributed by atoms with Gasteiger partial charge in [-0.25, -0.2) is 8.51 Å². The SMILES string of the molecule is CC(C)(C)CC(C)(C)N1Cc2ccc(Cl)cc2S1=O. The highest BCUT2D eigenvalue weighted by molar-refractivity contribution is 7.83. The van der Waals surface area contributed by atoms with Gasteiger partial charge < -0.3 is 0 Å². The number of benzene rings is 1. The van der Waals surface area contributed by atoms with Crippen LogP contribution in [0.15, 0.2) is 23.1 Å². The molecule has 1 atom stereocenters. The fraction of sp³-hybridized carbons (Fsp3) is 0.600. The fourth-order valence-corrected chi connectivity index (χ4v) is 4.81. The van der Waals surface area contributed by atoms with Crippen molar-refractivity contribution >= 4 is 22.6 Å². The molecule has 0 aliphatic carbocycles. The summed E-state index contributed by atoms with van der Waals surface area (Å²) in [6.45, 7) is 11.7. The zero-order valence-electron chi connectivity index (χ0n) is 12.3. The van der Waals surface area contributed by atoms with Crippen LogP contribution in [-0.2, 0) is 17.5 Å². The molecule has 0 radical (unpaired) electrons. The zero-order chi connectivity index (χ0) is 14.4. The lowest BCUT2D eigenvalue weighted by Gasteiger charge is -2.38. The van der Waals surface area contributed by atoms with Crippen LogP contribution in [0.4, 0.5) is 0 Å². The molecule has 0 N–H and O–H groups in total. The number of halogens is 1. The third kappa shape index (κ3) is 3.21. The molecule has 0 amide bonds. The molecule has 2 rings (SSSR count). The summed E-state index contributed by atoms with van der Waals surface area (Å²) in [7, 11) is -1.10. The Morgan fingerprint density at radius 1 is 1.26 bits per heavy atom. The van der Waals surface area contributed by atoms with E-state index in [0.717, 1.165) is 23.4 Å². The number of rotatable bonds is 2. The highest BCUT2D eigenvalue weighted by Gasteiger charge is 2.39. The molecule has 2 nitrogen and oxygen atoms in total. The first-order valence-corrected chi connectivity index (χ1v) is 8.07. The molecule has 0 spiro atoms. The van der Waals surface area contributed by atoms with E-state index in [4.69, 9.17) is 11.6 Å². The molecule has 0 fully saturated rings. The highest BCUT2D eigenvalue weighted by atomic mass is 35.5. The first kappa shape index (κ1) is 15.0. The molecule has 0 saturated heterocycles. The Balaban J connectivity index is 2.29. The molecule has 1 aliphatic heterocycles. The highest BCUT2D eigenvalue weighted by Crippen LogP contribution is 2.39. The van der Waals surface area contributed by atoms with E-state index in [2.05, 4.69) is 38.9 Å². The molecule has 1 aliphatic rings. The van der Waals surface area contributed by atoms with Gasteiger partial charge in [0.15, 0.2) is 0 Å². The normalized spacial score (nSPS) is 20.6. The molecule has 106 valence electrons. The predicted octanol–water partition coefficient (Wildman–Crippen LogP) is 4.39. The van der Waals surface area contributed by atoms with E-state index in [1.54, 1.807) is 0 Å². The van der Waals surface area contributed by atoms with Gasteiger partial charge in [0.2, 0.25) is 0 Å². The second-order valence-electron chi connectivity index (χ2n) is 7.09. The molecule has 0 saturated carbocycles. The average Bonchev–Trinajstić information content (AvgIpc) is 2.53. The van der Waals surface area contributed by atoms with Gasteiger partial charge in [0.1, 0.15) is 11.0 Å². The molecule has 1 unspecified atom stereocenters. The zero-order valence-corrected chi connectivity index (χ0v) is 13.9. The molecule has 1 aromatic rings. The van der Waals surface area contributed by atoms with Crippen LogP contribution >= 0.6 is 11.6 Å². The van der Waals surface area contributed by atoms with Crippen LogP contribution in [0.1, 0.15) is 46.6 Å². The second-order valence-corrected chi connectivity index (χ2v) is 8.90. The van der Waals surface area contributed by atoms with Crippen LogP contribution in [0.2, 0.25) is 5.02 Å². The minimum atomic E-state index is -1.10. The maximum atomic E-state index is 12.7. The van der Waals surface area contributed by atoms with Crippen LogP contribution < -0.4 is 0 Å². The van der Waals surface area contributed by atoms with Gasteiger partial charge in [0.05, 0.1) is 4.90 Å². The summed E-state index contributed by atoms with van der Waals surface area (Å²) in [4.78, 5) is 0.870. The number of hydrogen-bond donors (Lipinski definition) is 0. The Bertz CT molecular complexity index is 519. The lowest BCUT2D eigenvalue weighted by Crippen LogP contribution is -2.44. The summed E-state index contributed by atoms with van der Waals surface area (Å²) in [6.07, 6.45) is 0.994. The minimum absolute atomic E-state index is 0.103. The van der Waals surface area contributed by atoms with Crippen molar-refractivity contribution in [1.82, 2.24) is 4.31 Å². The van der Waals surface area contributed by atoms with Crippen molar-refractivity contribution in [3.63, 3.8) is 0 Å². The van der Waals surface area contributed by atoms with E-state index < -0.39 is 11.0 Å². The Hall–Kier alpha value is -0.380. The van der Waals surface area contributed by atoms with Crippen LogP contribution in [0.5, 0.6) is 0 Å². The smallest absolute Gasteiger partial charge is 0.128 e. The monoisotopic (exact) mass is 299 g/mol. The summed E-state index contributed by atoms with van der Waals surface area (Å²) < 4.78 is 14.7. The summed E-state index contributed by atoms with van der Waals surface area (Å²) in [5, 5.41) is 0.655. The standard InChI is InChI=1S/C15H22ClNOS/c1-14(2,3)10-15(4,5)17-9-11-6-7-12(16)8-13(11)19(17)18/h6-8H,9-10H2,1-5H3. The molecule has 1 aromatic carbocycles. The van der Waals surface area contributed by atoms with Gasteiger partial charge in [-0.3, -0.25) is 0 Å². The quantitative estimate of drug-likeness (QED) is 0.793. The van der Waals surface area contributed by atoms with Crippen molar-refractivity contribution in [2.45, 2.75) is 58.0 Å². The Morgan fingerprint density at radius 2 is 1.89 bits per heavy atom. The van der Waals surface area contributed by atoms with Crippen LogP contribution in [0.3, 0.4) is 0 Å². The van der Waals surface area contributed by atoms with Gasteiger partial charge in [-0.2, -0.15) is 0 Å². The summed E-state index contributed by atoms with van der Waals surface area (Å²) >= 11 is 6.00. The van der Waals surface area contributed by atoms with E-state index in [1.807, 2.05) is 18.2 Å². The number of nitrogens with zero attached hydrogens (tertiary/aromatic N) is 1. The van der Waals surface area contributed by atoms with Crippen molar-refractivity contribution < 1.29 is 4.21 Å². The Kier molecular flexibility index (Phi) is 3.85. The van der Waals surface area contributed by atoms with E-state index in [-0.39, 0.29) is 11.0 Å². The molecule has 0 bridgehead atoms. The summed E-state index contributed by atoms with van der Waals surface area (Å²) in [6, 6.07) is 5.70. The van der Waals surface area contributed by atoms with Gasteiger partial charge in [-0.1, -0.05) is 38.4 Å². The molecule has 0 aromatic heterocycles. The Morgan fingerprint density at radius 3 is 2.47 bits per heavy atom. The van der Waals surface area contributed by atoms with Crippen molar-refractivity contribution in [3.05, 3.63) is 28.8 Å². The number of hydrogen-bond acceptors (Lipinski definition) is 1. The third-order valence-corrected chi connectivity index (χ3v) is 5.38. The van der Waals surface area contributed by atoms with E-state index in [9.17, 15) is 4.21 Å². The van der Waals surface area contributed by atoms with E-state index in [1.165, 1.54) is 0 Å². The lowest BCUT2D eigenvalue weighted by molar-refractivity contribution is 0.160. The van der Waals surface area contributed by atoms with Gasteiger partial charge >= 0.3 is 0 Å². The molecule has 19 heavy (non-hydrogen) atoms. The van der Waals surface area contributed by atoms with Crippen LogP contribution in [0.25, 0.3) is 0 Å². The largest absolute Gasteiger partial charge is 0.237 e. The van der Waals surface area contributed by atoms with Crippen molar-refractivity contribution in [2.75, 3.05) is 0 Å². The lowest BCUT2D eigenvalue weighted by atomic mass is 9.81. The van der Waals surface area contributed by atoms with E-state index in [0.29, 0.717) is 5.02 Å². The van der Waals surface area contributed by atoms with Gasteiger partial charge in [0, 0.05) is 17.1 Å². The first-order chi connectivity index (χ1) is 8.60. The minimum Gasteiger partial charge on any atom is -0.237 e.